The van der Waals surface area contributed by atoms with Crippen LogP contribution in [0.3, 0.4) is 0 Å². The maximum absolute atomic E-state index is 10.9. The van der Waals surface area contributed by atoms with E-state index in [-0.39, 0.29) is 0 Å². The van der Waals surface area contributed by atoms with Crippen LogP contribution in [0.2, 0.25) is 0 Å². The normalized spacial score (nSPS) is 14.5. The molecule has 1 aromatic carbocycles. The van der Waals surface area contributed by atoms with Crippen molar-refractivity contribution in [1.82, 2.24) is 0 Å². The molecule has 0 saturated heterocycles. The third-order valence-electron chi connectivity index (χ3n) is 2.13. The minimum absolute atomic E-state index is 0.450. The van der Waals surface area contributed by atoms with E-state index < -0.39 is 11.5 Å². The number of benzene rings is 1. The van der Waals surface area contributed by atoms with E-state index >= 15 is 0 Å². The zero-order valence-corrected chi connectivity index (χ0v) is 8.15. The highest BCUT2D eigenvalue weighted by Crippen LogP contribution is 2.22. The van der Waals surface area contributed by atoms with Crippen LogP contribution >= 0.6 is 0 Å². The zero-order valence-electron chi connectivity index (χ0n) is 8.15. The van der Waals surface area contributed by atoms with Crippen molar-refractivity contribution in [3.63, 3.8) is 0 Å². The van der Waals surface area contributed by atoms with Gasteiger partial charge in [-0.3, -0.25) is 4.79 Å². The molecule has 0 fully saturated rings. The van der Waals surface area contributed by atoms with Crippen LogP contribution in [0.15, 0.2) is 24.3 Å². The topological polar surface area (TPSA) is 72.6 Å². The Kier molecular flexibility index (Phi) is 2.76. The molecule has 1 aromatic rings. The number of rotatable bonds is 3. The lowest BCUT2D eigenvalue weighted by molar-refractivity contribution is -0.135. The first-order valence-electron chi connectivity index (χ1n) is 4.15. The Hall–Kier alpha value is -1.55. The van der Waals surface area contributed by atoms with Crippen molar-refractivity contribution < 1.29 is 14.6 Å². The number of primary amides is 1. The molecular weight excluding hydrogens is 182 g/mol. The summed E-state index contributed by atoms with van der Waals surface area (Å²) in [7, 11) is 1.54. The Morgan fingerprint density at radius 2 is 1.93 bits per heavy atom. The van der Waals surface area contributed by atoms with Gasteiger partial charge in [0.1, 0.15) is 5.75 Å². The van der Waals surface area contributed by atoms with Gasteiger partial charge in [-0.05, 0) is 24.6 Å². The van der Waals surface area contributed by atoms with E-state index in [4.69, 9.17) is 10.5 Å². The first-order valence-corrected chi connectivity index (χ1v) is 4.15. The van der Waals surface area contributed by atoms with Crippen molar-refractivity contribution in [2.45, 2.75) is 12.5 Å². The second-order valence-electron chi connectivity index (χ2n) is 3.16. The van der Waals surface area contributed by atoms with Gasteiger partial charge < -0.3 is 15.6 Å². The monoisotopic (exact) mass is 195 g/mol. The Morgan fingerprint density at radius 3 is 2.29 bits per heavy atom. The fourth-order valence-corrected chi connectivity index (χ4v) is 1.06. The number of methoxy groups -OCH3 is 1. The molecule has 0 aliphatic carbocycles. The fraction of sp³-hybridized carbons (Fsp3) is 0.300. The van der Waals surface area contributed by atoms with Gasteiger partial charge in [-0.15, -0.1) is 0 Å². The SMILES string of the molecule is COc1ccc(C(C)(O)C(N)=O)cc1. The smallest absolute Gasteiger partial charge is 0.253 e. The number of hydrogen-bond acceptors (Lipinski definition) is 3. The summed E-state index contributed by atoms with van der Waals surface area (Å²) in [5.41, 5.74) is 3.87. The first-order chi connectivity index (χ1) is 6.48. The third-order valence-corrected chi connectivity index (χ3v) is 2.13. The Labute approximate surface area is 82.3 Å². The lowest BCUT2D eigenvalue weighted by Crippen LogP contribution is -2.38. The molecule has 1 rings (SSSR count). The fourth-order valence-electron chi connectivity index (χ4n) is 1.06. The van der Waals surface area contributed by atoms with E-state index in [0.717, 1.165) is 0 Å². The number of carbonyl (C=O) groups is 1. The van der Waals surface area contributed by atoms with Crippen molar-refractivity contribution in [2.75, 3.05) is 7.11 Å². The van der Waals surface area contributed by atoms with Gasteiger partial charge in [-0.25, -0.2) is 0 Å². The zero-order chi connectivity index (χ0) is 10.8. The average molecular weight is 195 g/mol. The maximum Gasteiger partial charge on any atom is 0.253 e. The summed E-state index contributed by atoms with van der Waals surface area (Å²) in [4.78, 5) is 10.9. The van der Waals surface area contributed by atoms with Gasteiger partial charge in [-0.2, -0.15) is 0 Å². The Morgan fingerprint density at radius 1 is 1.43 bits per heavy atom. The highest BCUT2D eigenvalue weighted by molar-refractivity contribution is 5.84. The lowest BCUT2D eigenvalue weighted by Gasteiger charge is -2.19. The van der Waals surface area contributed by atoms with Gasteiger partial charge in [0.25, 0.3) is 5.91 Å². The molecule has 0 aliphatic heterocycles. The van der Waals surface area contributed by atoms with E-state index in [1.165, 1.54) is 6.92 Å². The summed E-state index contributed by atoms with van der Waals surface area (Å²) in [6.45, 7) is 1.36. The summed E-state index contributed by atoms with van der Waals surface area (Å²) in [6.07, 6.45) is 0. The van der Waals surface area contributed by atoms with Crippen molar-refractivity contribution in [2.24, 2.45) is 5.73 Å². The van der Waals surface area contributed by atoms with Crippen LogP contribution in [0.1, 0.15) is 12.5 Å². The second kappa shape index (κ2) is 3.67. The van der Waals surface area contributed by atoms with Crippen LogP contribution in [0, 0.1) is 0 Å². The standard InChI is InChI=1S/C10H13NO3/c1-10(13,9(11)12)7-3-5-8(14-2)6-4-7/h3-6,13H,1-2H3,(H2,11,12). The van der Waals surface area contributed by atoms with Gasteiger partial charge in [0.2, 0.25) is 0 Å². The van der Waals surface area contributed by atoms with E-state index in [1.807, 2.05) is 0 Å². The summed E-state index contributed by atoms with van der Waals surface area (Å²) in [6, 6.07) is 6.52. The van der Waals surface area contributed by atoms with Gasteiger partial charge in [-0.1, -0.05) is 12.1 Å². The molecule has 1 unspecified atom stereocenters. The Balaban J connectivity index is 3.02. The molecule has 0 saturated carbocycles. The van der Waals surface area contributed by atoms with Crippen LogP contribution in [-0.4, -0.2) is 18.1 Å². The molecular formula is C10H13NO3. The van der Waals surface area contributed by atoms with Crippen LogP contribution in [0.25, 0.3) is 0 Å². The molecule has 0 radical (unpaired) electrons. The highest BCUT2D eigenvalue weighted by atomic mass is 16.5. The molecule has 0 heterocycles. The van der Waals surface area contributed by atoms with E-state index in [0.29, 0.717) is 11.3 Å². The van der Waals surface area contributed by atoms with Gasteiger partial charge in [0.05, 0.1) is 7.11 Å². The molecule has 1 atom stereocenters. The Bertz CT molecular complexity index is 330. The number of aliphatic hydroxyl groups is 1. The van der Waals surface area contributed by atoms with Gasteiger partial charge in [0.15, 0.2) is 5.60 Å². The van der Waals surface area contributed by atoms with Crippen molar-refractivity contribution in [1.29, 1.82) is 0 Å². The summed E-state index contributed by atoms with van der Waals surface area (Å²) < 4.78 is 4.94. The summed E-state index contributed by atoms with van der Waals surface area (Å²) in [5, 5.41) is 9.71. The average Bonchev–Trinajstić information content (AvgIpc) is 2.17. The number of carbonyl (C=O) groups excluding carboxylic acids is 1. The number of amides is 1. The number of hydrogen-bond donors (Lipinski definition) is 2. The predicted octanol–water partition coefficient (Wildman–Crippen LogP) is 0.388. The number of ether oxygens (including phenoxy) is 1. The van der Waals surface area contributed by atoms with Gasteiger partial charge >= 0.3 is 0 Å². The van der Waals surface area contributed by atoms with Crippen LogP contribution in [0.5, 0.6) is 5.75 Å². The van der Waals surface area contributed by atoms with Crippen LogP contribution < -0.4 is 10.5 Å². The first kappa shape index (κ1) is 10.5. The molecule has 14 heavy (non-hydrogen) atoms. The number of nitrogens with two attached hydrogens (primary N) is 1. The minimum atomic E-state index is -1.63. The lowest BCUT2D eigenvalue weighted by atomic mass is 9.95. The second-order valence-corrected chi connectivity index (χ2v) is 3.16. The molecule has 0 aromatic heterocycles. The van der Waals surface area contributed by atoms with Crippen LogP contribution in [0.4, 0.5) is 0 Å². The van der Waals surface area contributed by atoms with Crippen molar-refractivity contribution >= 4 is 5.91 Å². The molecule has 0 spiro atoms. The predicted molar refractivity (Wildman–Crippen MR) is 51.8 cm³/mol. The molecule has 0 bridgehead atoms. The maximum atomic E-state index is 10.9. The largest absolute Gasteiger partial charge is 0.497 e. The molecule has 1 amide bonds. The molecule has 76 valence electrons. The summed E-state index contributed by atoms with van der Waals surface area (Å²) >= 11 is 0. The van der Waals surface area contributed by atoms with E-state index in [2.05, 4.69) is 0 Å². The van der Waals surface area contributed by atoms with Crippen molar-refractivity contribution in [3.8, 4) is 5.75 Å². The molecule has 3 N–H and O–H groups in total. The van der Waals surface area contributed by atoms with Crippen LogP contribution in [-0.2, 0) is 10.4 Å². The quantitative estimate of drug-likeness (QED) is 0.732. The van der Waals surface area contributed by atoms with E-state index in [9.17, 15) is 9.90 Å². The van der Waals surface area contributed by atoms with Crippen molar-refractivity contribution in [3.05, 3.63) is 29.8 Å². The molecule has 4 heteroatoms. The van der Waals surface area contributed by atoms with Gasteiger partial charge in [0, 0.05) is 0 Å². The molecule has 4 nitrogen and oxygen atoms in total. The molecule has 0 aliphatic rings. The van der Waals surface area contributed by atoms with E-state index in [1.54, 1.807) is 31.4 Å². The minimum Gasteiger partial charge on any atom is -0.497 e. The summed E-state index contributed by atoms with van der Waals surface area (Å²) in [5.74, 6) is -0.114. The highest BCUT2D eigenvalue weighted by Gasteiger charge is 2.29. The third kappa shape index (κ3) is 1.85.